The van der Waals surface area contributed by atoms with Crippen molar-refractivity contribution in [3.63, 3.8) is 0 Å². The third-order valence-electron chi connectivity index (χ3n) is 3.00. The average molecular weight is 237 g/mol. The molecule has 1 aromatic carbocycles. The zero-order valence-corrected chi connectivity index (χ0v) is 10.2. The number of halogens is 1. The number of amides is 1. The van der Waals surface area contributed by atoms with Gasteiger partial charge in [0.1, 0.15) is 12.0 Å². The summed E-state index contributed by atoms with van der Waals surface area (Å²) >= 11 is 0. The second-order valence-electron chi connectivity index (χ2n) is 4.90. The van der Waals surface area contributed by atoms with E-state index in [1.165, 1.54) is 24.3 Å². The lowest BCUT2D eigenvalue weighted by molar-refractivity contribution is 0.0307. The van der Waals surface area contributed by atoms with Crippen molar-refractivity contribution in [2.75, 3.05) is 6.61 Å². The molecule has 0 aliphatic carbocycles. The van der Waals surface area contributed by atoms with Crippen LogP contribution in [-0.2, 0) is 4.74 Å². The molecule has 0 bridgehead atoms. The van der Waals surface area contributed by atoms with Crippen LogP contribution in [-0.4, -0.2) is 29.2 Å². The highest BCUT2D eigenvalue weighted by Crippen LogP contribution is 2.28. The van der Waals surface area contributed by atoms with E-state index in [-0.39, 0.29) is 23.5 Å². The maximum atomic E-state index is 12.8. The third kappa shape index (κ3) is 2.17. The fraction of sp³-hybridized carbons (Fsp3) is 0.462. The number of carbonyl (C=O) groups is 1. The molecular formula is C13H16FNO2. The average Bonchev–Trinajstić information content (AvgIpc) is 2.53. The van der Waals surface area contributed by atoms with E-state index in [4.69, 9.17) is 4.74 Å². The van der Waals surface area contributed by atoms with Gasteiger partial charge in [-0.2, -0.15) is 0 Å². The summed E-state index contributed by atoms with van der Waals surface area (Å²) < 4.78 is 18.3. The van der Waals surface area contributed by atoms with Gasteiger partial charge in [-0.05, 0) is 45.0 Å². The van der Waals surface area contributed by atoms with Crippen LogP contribution in [0, 0.1) is 5.82 Å². The van der Waals surface area contributed by atoms with E-state index in [0.717, 1.165) is 0 Å². The lowest BCUT2D eigenvalue weighted by atomic mass is 10.0. The molecule has 0 radical (unpaired) electrons. The van der Waals surface area contributed by atoms with Crippen LogP contribution < -0.4 is 0 Å². The number of rotatable bonds is 1. The summed E-state index contributed by atoms with van der Waals surface area (Å²) in [5.41, 5.74) is 0.155. The first kappa shape index (κ1) is 12.0. The third-order valence-corrected chi connectivity index (χ3v) is 3.00. The first-order valence-electron chi connectivity index (χ1n) is 5.63. The van der Waals surface area contributed by atoms with Gasteiger partial charge in [0, 0.05) is 5.56 Å². The lowest BCUT2D eigenvalue weighted by Gasteiger charge is -2.32. The molecule has 2 rings (SSSR count). The Labute approximate surface area is 100 Å². The maximum absolute atomic E-state index is 12.8. The summed E-state index contributed by atoms with van der Waals surface area (Å²) in [6.45, 7) is 6.27. The van der Waals surface area contributed by atoms with Crippen molar-refractivity contribution >= 4 is 5.91 Å². The lowest BCUT2D eigenvalue weighted by Crippen LogP contribution is -2.47. The Morgan fingerprint density at radius 3 is 2.47 bits per heavy atom. The predicted octanol–water partition coefficient (Wildman–Crippen LogP) is 2.42. The van der Waals surface area contributed by atoms with Gasteiger partial charge in [-0.1, -0.05) is 0 Å². The molecule has 1 aliphatic heterocycles. The van der Waals surface area contributed by atoms with Crippen molar-refractivity contribution in [2.24, 2.45) is 0 Å². The summed E-state index contributed by atoms with van der Waals surface area (Å²) in [4.78, 5) is 14.0. The summed E-state index contributed by atoms with van der Waals surface area (Å²) in [7, 11) is 0. The molecule has 92 valence electrons. The molecule has 4 heteroatoms. The summed E-state index contributed by atoms with van der Waals surface area (Å²) in [6.07, 6.45) is -0.248. The van der Waals surface area contributed by atoms with Gasteiger partial charge in [-0.25, -0.2) is 4.39 Å². The topological polar surface area (TPSA) is 29.5 Å². The minimum absolute atomic E-state index is 0.125. The van der Waals surface area contributed by atoms with Crippen molar-refractivity contribution in [1.29, 1.82) is 0 Å². The Morgan fingerprint density at radius 1 is 1.41 bits per heavy atom. The molecule has 17 heavy (non-hydrogen) atoms. The van der Waals surface area contributed by atoms with E-state index in [9.17, 15) is 9.18 Å². The number of hydrogen-bond acceptors (Lipinski definition) is 2. The Bertz CT molecular complexity index is 428. The van der Waals surface area contributed by atoms with Crippen LogP contribution >= 0.6 is 0 Å². The zero-order valence-electron chi connectivity index (χ0n) is 10.2. The van der Waals surface area contributed by atoms with Gasteiger partial charge >= 0.3 is 0 Å². The van der Waals surface area contributed by atoms with Gasteiger partial charge in [0.15, 0.2) is 0 Å². The molecule has 1 heterocycles. The molecule has 1 amide bonds. The molecule has 0 saturated carbocycles. The van der Waals surface area contributed by atoms with E-state index >= 15 is 0 Å². The highest BCUT2D eigenvalue weighted by Gasteiger charge is 2.41. The number of hydrogen-bond donors (Lipinski definition) is 0. The molecule has 1 aliphatic rings. The van der Waals surface area contributed by atoms with Gasteiger partial charge in [0.25, 0.3) is 5.91 Å². The number of ether oxygens (including phenoxy) is 1. The van der Waals surface area contributed by atoms with Crippen LogP contribution in [0.3, 0.4) is 0 Å². The van der Waals surface area contributed by atoms with Gasteiger partial charge in [-0.3, -0.25) is 4.79 Å². The van der Waals surface area contributed by atoms with Crippen LogP contribution in [0.5, 0.6) is 0 Å². The highest BCUT2D eigenvalue weighted by atomic mass is 19.1. The summed E-state index contributed by atoms with van der Waals surface area (Å²) in [5, 5.41) is 0. The van der Waals surface area contributed by atoms with Crippen molar-refractivity contribution in [3.8, 4) is 0 Å². The fourth-order valence-corrected chi connectivity index (χ4v) is 2.13. The van der Waals surface area contributed by atoms with E-state index in [2.05, 4.69) is 0 Å². The molecule has 0 N–H and O–H groups in total. The van der Waals surface area contributed by atoms with Crippen LogP contribution in [0.15, 0.2) is 24.3 Å². The second kappa shape index (κ2) is 4.11. The van der Waals surface area contributed by atoms with E-state index in [1.807, 2.05) is 20.8 Å². The van der Waals surface area contributed by atoms with Crippen LogP contribution in [0.4, 0.5) is 4.39 Å². The van der Waals surface area contributed by atoms with Crippen molar-refractivity contribution in [2.45, 2.75) is 32.5 Å². The Balaban J connectivity index is 2.28. The predicted molar refractivity (Wildman–Crippen MR) is 62.1 cm³/mol. The summed E-state index contributed by atoms with van der Waals surface area (Å²) in [6, 6.07) is 5.58. The Kier molecular flexibility index (Phi) is 2.91. The largest absolute Gasteiger partial charge is 0.356 e. The van der Waals surface area contributed by atoms with Crippen LogP contribution in [0.25, 0.3) is 0 Å². The Hall–Kier alpha value is -1.42. The monoisotopic (exact) mass is 237 g/mol. The minimum atomic E-state index is -0.341. The van der Waals surface area contributed by atoms with Gasteiger partial charge in [-0.15, -0.1) is 0 Å². The molecule has 3 nitrogen and oxygen atoms in total. The van der Waals surface area contributed by atoms with Crippen molar-refractivity contribution in [1.82, 2.24) is 4.90 Å². The highest BCUT2D eigenvalue weighted by molar-refractivity contribution is 5.95. The minimum Gasteiger partial charge on any atom is -0.356 e. The maximum Gasteiger partial charge on any atom is 0.256 e. The summed E-state index contributed by atoms with van der Waals surface area (Å²) in [5.74, 6) is -0.466. The van der Waals surface area contributed by atoms with Gasteiger partial charge in [0.05, 0.1) is 12.1 Å². The van der Waals surface area contributed by atoms with Crippen LogP contribution in [0.2, 0.25) is 0 Å². The Morgan fingerprint density at radius 2 is 2.00 bits per heavy atom. The van der Waals surface area contributed by atoms with E-state index in [1.54, 1.807) is 4.90 Å². The van der Waals surface area contributed by atoms with Gasteiger partial charge < -0.3 is 9.64 Å². The number of carbonyl (C=O) groups excluding carboxylic acids is 1. The second-order valence-corrected chi connectivity index (χ2v) is 4.90. The van der Waals surface area contributed by atoms with E-state index in [0.29, 0.717) is 12.2 Å². The molecule has 0 spiro atoms. The molecule has 1 unspecified atom stereocenters. The van der Waals surface area contributed by atoms with Crippen molar-refractivity contribution < 1.29 is 13.9 Å². The van der Waals surface area contributed by atoms with Crippen LogP contribution in [0.1, 0.15) is 31.1 Å². The standard InChI is InChI=1S/C13H16FNO2/c1-9-15(13(2,3)8-17-9)12(16)10-4-6-11(14)7-5-10/h4-7,9H,8H2,1-3H3. The number of nitrogens with zero attached hydrogens (tertiary/aromatic N) is 1. The van der Waals surface area contributed by atoms with Gasteiger partial charge in [0.2, 0.25) is 0 Å². The molecule has 1 atom stereocenters. The molecular weight excluding hydrogens is 221 g/mol. The molecule has 0 aromatic heterocycles. The SMILES string of the molecule is CC1OCC(C)(C)N1C(=O)c1ccc(F)cc1. The first-order valence-corrected chi connectivity index (χ1v) is 5.63. The quantitative estimate of drug-likeness (QED) is 0.750. The smallest absolute Gasteiger partial charge is 0.256 e. The van der Waals surface area contributed by atoms with E-state index < -0.39 is 0 Å². The normalized spacial score (nSPS) is 22.8. The molecule has 1 saturated heterocycles. The fourth-order valence-electron chi connectivity index (χ4n) is 2.13. The first-order chi connectivity index (χ1) is 7.92. The zero-order chi connectivity index (χ0) is 12.6. The molecule has 1 fully saturated rings. The number of benzene rings is 1. The molecule has 1 aromatic rings. The van der Waals surface area contributed by atoms with Crippen molar-refractivity contribution in [3.05, 3.63) is 35.6 Å².